The van der Waals surface area contributed by atoms with E-state index in [0.29, 0.717) is 5.02 Å². The minimum Gasteiger partial charge on any atom is -0.545 e. The van der Waals surface area contributed by atoms with Crippen molar-refractivity contribution < 1.29 is 78.8 Å². The average molecular weight is 288 g/mol. The van der Waals surface area contributed by atoms with Crippen molar-refractivity contribution in [2.24, 2.45) is 0 Å². The number of carbonyl (C=O) groups is 1. The molecule has 0 unspecified atom stereocenters. The first-order chi connectivity index (χ1) is 4.70. The van der Waals surface area contributed by atoms with Crippen LogP contribution in [0.3, 0.4) is 0 Å². The third kappa shape index (κ3) is 3.98. The quantitative estimate of drug-likeness (QED) is 0.583. The molecule has 1 aromatic carbocycles. The number of rotatable bonds is 1. The zero-order valence-electron chi connectivity index (χ0n) is 6.00. The Morgan fingerprint density at radius 1 is 1.27 bits per heavy atom. The zero-order valence-corrected chi connectivity index (χ0v) is 13.0. The Bertz CT molecular complexity index is 245. The second kappa shape index (κ2) is 5.64. The Labute approximate surface area is 128 Å². The van der Waals surface area contributed by atoms with Crippen LogP contribution in [0.1, 0.15) is 10.4 Å². The Morgan fingerprint density at radius 3 is 2.09 bits per heavy atom. The van der Waals surface area contributed by atoms with E-state index in [1.54, 1.807) is 0 Å². The van der Waals surface area contributed by atoms with Gasteiger partial charge in [-0.25, -0.2) is 0 Å². The van der Waals surface area contributed by atoms with Gasteiger partial charge in [-0.2, -0.15) is 0 Å². The molecule has 0 spiro atoms. The second-order valence-electron chi connectivity index (χ2n) is 1.79. The molecule has 4 heteroatoms. The third-order valence-corrected chi connectivity index (χ3v) is 1.33. The van der Waals surface area contributed by atoms with Gasteiger partial charge >= 0.3 is 68.9 Å². The van der Waals surface area contributed by atoms with Gasteiger partial charge in [0.2, 0.25) is 0 Å². The molecule has 0 aromatic heterocycles. The van der Waals surface area contributed by atoms with E-state index in [9.17, 15) is 9.90 Å². The van der Waals surface area contributed by atoms with Gasteiger partial charge in [-0.3, -0.25) is 0 Å². The van der Waals surface area contributed by atoms with Crippen LogP contribution in [0.15, 0.2) is 24.3 Å². The van der Waals surface area contributed by atoms with E-state index in [1.165, 1.54) is 24.3 Å². The van der Waals surface area contributed by atoms with Gasteiger partial charge in [0.05, 0.1) is 5.97 Å². The maximum absolute atomic E-state index is 10.2. The third-order valence-electron chi connectivity index (χ3n) is 1.08. The Kier molecular flexibility index (Phi) is 6.17. The molecular formula is C7H4ClCsO2. The number of carbonyl (C=O) groups excluding carboxylic acids is 1. The first-order valence-electron chi connectivity index (χ1n) is 2.67. The minimum absolute atomic E-state index is 0. The van der Waals surface area contributed by atoms with Crippen LogP contribution in [0, 0.1) is 0 Å². The van der Waals surface area contributed by atoms with Gasteiger partial charge in [-0.05, 0) is 17.7 Å². The molecule has 0 aliphatic carbocycles. The maximum Gasteiger partial charge on any atom is 1.00 e. The predicted molar refractivity (Wildman–Crippen MR) is 35.8 cm³/mol. The van der Waals surface area contributed by atoms with Crippen LogP contribution in [-0.2, 0) is 0 Å². The van der Waals surface area contributed by atoms with Crippen LogP contribution in [0.2, 0.25) is 5.02 Å². The Morgan fingerprint density at radius 2 is 1.73 bits per heavy atom. The first-order valence-corrected chi connectivity index (χ1v) is 3.05. The number of carboxylic acids is 1. The van der Waals surface area contributed by atoms with Crippen molar-refractivity contribution in [3.63, 3.8) is 0 Å². The maximum atomic E-state index is 10.2. The molecule has 0 saturated heterocycles. The summed E-state index contributed by atoms with van der Waals surface area (Å²) < 4.78 is 0. The smallest absolute Gasteiger partial charge is 0.545 e. The molecule has 0 N–H and O–H groups in total. The van der Waals surface area contributed by atoms with Crippen LogP contribution < -0.4 is 74.0 Å². The molecule has 0 atom stereocenters. The fourth-order valence-corrected chi connectivity index (χ4v) is 0.712. The molecule has 0 heterocycles. The van der Waals surface area contributed by atoms with E-state index in [4.69, 9.17) is 11.6 Å². The van der Waals surface area contributed by atoms with E-state index in [0.717, 1.165) is 0 Å². The summed E-state index contributed by atoms with van der Waals surface area (Å²) in [6.07, 6.45) is 0. The van der Waals surface area contributed by atoms with Gasteiger partial charge in [0.25, 0.3) is 0 Å². The van der Waals surface area contributed by atoms with Crippen molar-refractivity contribution in [2.75, 3.05) is 0 Å². The summed E-state index contributed by atoms with van der Waals surface area (Å²) in [5.74, 6) is -1.18. The monoisotopic (exact) mass is 288 g/mol. The summed E-state index contributed by atoms with van der Waals surface area (Å²) in [5.41, 5.74) is 0.143. The summed E-state index contributed by atoms with van der Waals surface area (Å²) in [4.78, 5) is 10.2. The van der Waals surface area contributed by atoms with Gasteiger partial charge in [-0.1, -0.05) is 23.7 Å². The van der Waals surface area contributed by atoms with Crippen LogP contribution in [0.4, 0.5) is 0 Å². The molecule has 0 aliphatic heterocycles. The van der Waals surface area contributed by atoms with Gasteiger partial charge < -0.3 is 9.90 Å². The van der Waals surface area contributed by atoms with Crippen molar-refractivity contribution in [3.05, 3.63) is 34.9 Å². The fourth-order valence-electron chi connectivity index (χ4n) is 0.586. The largest absolute Gasteiger partial charge is 1.00 e. The molecule has 52 valence electrons. The fraction of sp³-hybridized carbons (Fsp3) is 0. The SMILES string of the molecule is O=C([O-])c1ccc(Cl)cc1.[Cs+]. The molecule has 1 rings (SSSR count). The van der Waals surface area contributed by atoms with Crippen LogP contribution >= 0.6 is 11.6 Å². The van der Waals surface area contributed by atoms with Crippen LogP contribution in [-0.4, -0.2) is 5.97 Å². The molecule has 0 amide bonds. The topological polar surface area (TPSA) is 40.1 Å². The normalized spacial score (nSPS) is 8.45. The number of halogens is 1. The van der Waals surface area contributed by atoms with E-state index in [2.05, 4.69) is 0 Å². The minimum atomic E-state index is -1.18. The molecule has 0 saturated carbocycles. The van der Waals surface area contributed by atoms with Crippen LogP contribution in [0.5, 0.6) is 0 Å². The molecule has 0 bridgehead atoms. The summed E-state index contributed by atoms with van der Waals surface area (Å²) in [6.45, 7) is 0. The summed E-state index contributed by atoms with van der Waals surface area (Å²) >= 11 is 5.50. The number of hydrogen-bond donors (Lipinski definition) is 0. The van der Waals surface area contributed by atoms with Crippen molar-refractivity contribution >= 4 is 17.6 Å². The number of hydrogen-bond acceptors (Lipinski definition) is 2. The molecule has 0 fully saturated rings. The van der Waals surface area contributed by atoms with Crippen molar-refractivity contribution in [3.8, 4) is 0 Å². The summed E-state index contributed by atoms with van der Waals surface area (Å²) in [6, 6.07) is 5.81. The van der Waals surface area contributed by atoms with Crippen LogP contribution in [0.25, 0.3) is 0 Å². The molecular weight excluding hydrogens is 284 g/mol. The van der Waals surface area contributed by atoms with Crippen molar-refractivity contribution in [1.29, 1.82) is 0 Å². The van der Waals surface area contributed by atoms with Crippen molar-refractivity contribution in [2.45, 2.75) is 0 Å². The van der Waals surface area contributed by atoms with Gasteiger partial charge in [-0.15, -0.1) is 0 Å². The van der Waals surface area contributed by atoms with Gasteiger partial charge in [0, 0.05) is 5.02 Å². The van der Waals surface area contributed by atoms with Gasteiger partial charge in [0.1, 0.15) is 0 Å². The van der Waals surface area contributed by atoms with E-state index < -0.39 is 5.97 Å². The van der Waals surface area contributed by atoms with Crippen molar-refractivity contribution in [1.82, 2.24) is 0 Å². The zero-order chi connectivity index (χ0) is 7.56. The molecule has 1 aromatic rings. The van der Waals surface area contributed by atoms with E-state index in [-0.39, 0.29) is 74.5 Å². The molecule has 0 radical (unpaired) electrons. The summed E-state index contributed by atoms with van der Waals surface area (Å²) in [7, 11) is 0. The number of carboxylic acid groups (broad SMARTS) is 1. The standard InChI is InChI=1S/C7H5ClO2.Cs/c8-6-3-1-5(2-4-6)7(9)10;/h1-4H,(H,9,10);/q;+1/p-1. The van der Waals surface area contributed by atoms with E-state index in [1.807, 2.05) is 0 Å². The molecule has 11 heavy (non-hydrogen) atoms. The Hall–Kier alpha value is 1.03. The number of benzene rings is 1. The average Bonchev–Trinajstić information content (AvgIpc) is 1.88. The summed E-state index contributed by atoms with van der Waals surface area (Å²) in [5, 5.41) is 10.7. The predicted octanol–water partition coefficient (Wildman–Crippen LogP) is -2.29. The van der Waals surface area contributed by atoms with Gasteiger partial charge in [0.15, 0.2) is 0 Å². The molecule has 0 aliphatic rings. The number of aromatic carboxylic acids is 1. The Balaban J connectivity index is 0.000001000. The first kappa shape index (κ1) is 12.0. The molecule has 2 nitrogen and oxygen atoms in total. The van der Waals surface area contributed by atoms with E-state index >= 15 is 0 Å². The second-order valence-corrected chi connectivity index (χ2v) is 2.23.